The summed E-state index contributed by atoms with van der Waals surface area (Å²) in [5.74, 6) is 1.09. The summed E-state index contributed by atoms with van der Waals surface area (Å²) in [7, 11) is -9.94. The van der Waals surface area contributed by atoms with Gasteiger partial charge in [0.05, 0.1) is 26.4 Å². The molecule has 0 fully saturated rings. The number of phosphoric ester groups is 2. The van der Waals surface area contributed by atoms with E-state index in [-0.39, 0.29) is 25.7 Å². The van der Waals surface area contributed by atoms with Gasteiger partial charge in [0.25, 0.3) is 0 Å². The first-order valence-corrected chi connectivity index (χ1v) is 49.7. The predicted octanol–water partition coefficient (Wildman–Crippen LogP) is 27.9. The molecule has 0 bridgehead atoms. The van der Waals surface area contributed by atoms with Gasteiger partial charge in [-0.05, 0) is 49.4 Å². The quantitative estimate of drug-likeness (QED) is 0.0222. The summed E-state index contributed by atoms with van der Waals surface area (Å²) in [5, 5.41) is 10.7. The predicted molar refractivity (Wildman–Crippen MR) is 455 cm³/mol. The molecule has 17 nitrogen and oxygen atoms in total. The van der Waals surface area contributed by atoms with Crippen LogP contribution in [0.3, 0.4) is 0 Å². The number of hydrogen-bond donors (Lipinski definition) is 3. The molecule has 3 N–H and O–H groups in total. The third-order valence-electron chi connectivity index (χ3n) is 21.7. The number of phosphoric acid groups is 2. The lowest BCUT2D eigenvalue weighted by molar-refractivity contribution is -0.161. The largest absolute Gasteiger partial charge is 0.472 e. The fraction of sp³-hybridized carbons (Fsp3) is 0.956. The van der Waals surface area contributed by atoms with Crippen LogP contribution in [-0.2, 0) is 65.4 Å². The molecule has 0 amide bonds. The molecule has 0 aliphatic rings. The average molecular weight is 1610 g/mol. The van der Waals surface area contributed by atoms with Gasteiger partial charge in [0.1, 0.15) is 19.3 Å². The monoisotopic (exact) mass is 1610 g/mol. The van der Waals surface area contributed by atoms with Crippen LogP contribution in [0.25, 0.3) is 0 Å². The number of carbonyl (C=O) groups is 4. The molecule has 6 atom stereocenters. The van der Waals surface area contributed by atoms with Crippen molar-refractivity contribution in [2.45, 2.75) is 497 Å². The Bertz CT molecular complexity index is 2130. The molecule has 0 heterocycles. The van der Waals surface area contributed by atoms with Gasteiger partial charge in [0.2, 0.25) is 0 Å². The molecule has 0 aromatic rings. The number of aliphatic hydroxyl groups excluding tert-OH is 1. The molecule has 0 rings (SSSR count). The summed E-state index contributed by atoms with van der Waals surface area (Å²) in [5.41, 5.74) is 0. The second kappa shape index (κ2) is 79.5. The van der Waals surface area contributed by atoms with Gasteiger partial charge in [-0.2, -0.15) is 0 Å². The molecule has 0 saturated carbocycles. The fourth-order valence-corrected chi connectivity index (χ4v) is 15.7. The summed E-state index contributed by atoms with van der Waals surface area (Å²) in [6, 6.07) is 0. The van der Waals surface area contributed by atoms with Gasteiger partial charge in [-0.15, -0.1) is 0 Å². The molecule has 4 unspecified atom stereocenters. The molecule has 19 heteroatoms. The molecular weight excluding hydrogens is 1430 g/mol. The summed E-state index contributed by atoms with van der Waals surface area (Å²) in [6.07, 6.45) is 71.0. The number of hydrogen-bond acceptors (Lipinski definition) is 15. The van der Waals surface area contributed by atoms with Crippen molar-refractivity contribution in [3.63, 3.8) is 0 Å². The van der Waals surface area contributed by atoms with E-state index in [1.807, 2.05) is 0 Å². The fourth-order valence-electron chi connectivity index (χ4n) is 14.2. The van der Waals surface area contributed by atoms with Crippen molar-refractivity contribution in [3.8, 4) is 0 Å². The summed E-state index contributed by atoms with van der Waals surface area (Å²) >= 11 is 0. The van der Waals surface area contributed by atoms with E-state index in [2.05, 4.69) is 55.4 Å². The van der Waals surface area contributed by atoms with Crippen LogP contribution < -0.4 is 0 Å². The third kappa shape index (κ3) is 82.6. The second-order valence-electron chi connectivity index (χ2n) is 34.4. The molecule has 0 saturated heterocycles. The van der Waals surface area contributed by atoms with Crippen molar-refractivity contribution in [2.75, 3.05) is 39.6 Å². The Balaban J connectivity index is 5.22. The van der Waals surface area contributed by atoms with Gasteiger partial charge in [-0.3, -0.25) is 37.3 Å². The van der Waals surface area contributed by atoms with Crippen molar-refractivity contribution >= 4 is 39.5 Å². The van der Waals surface area contributed by atoms with Gasteiger partial charge in [-0.25, -0.2) is 9.13 Å². The number of aliphatic hydroxyl groups is 1. The van der Waals surface area contributed by atoms with Crippen LogP contribution in [0.15, 0.2) is 0 Å². The van der Waals surface area contributed by atoms with E-state index in [0.717, 1.165) is 114 Å². The normalized spacial score (nSPS) is 14.1. The number of ether oxygens (including phenoxy) is 4. The van der Waals surface area contributed by atoms with Crippen molar-refractivity contribution in [2.24, 2.45) is 23.7 Å². The molecule has 654 valence electrons. The first-order chi connectivity index (χ1) is 53.1. The lowest BCUT2D eigenvalue weighted by Crippen LogP contribution is -2.30. The standard InChI is InChI=1S/C91H178O17P2/c1-9-84(8)70-62-54-46-38-32-26-19-15-11-13-16-20-27-33-39-47-55-63-71-88(93)101-77-86(107-90(95)73-65-57-48-40-34-28-21-17-12-10-14-18-24-30-36-43-51-59-67-81(2)3)79-105-109(97,98)103-75-85(92)76-104-110(99,100)106-80-87(78-102-89(94)72-64-56-50-42-45-53-61-69-83(6)7)108-91(96)74-66-58-49-41-35-29-23-22-25-31-37-44-52-60-68-82(4)5/h81-87,92H,9-80H2,1-8H3,(H,97,98)(H,99,100)/t84?,85?,86-,87-/m1/s1. The maximum absolute atomic E-state index is 13.2. The molecule has 0 aromatic heterocycles. The van der Waals surface area contributed by atoms with Crippen LogP contribution in [0, 0.1) is 23.7 Å². The Morgan fingerprint density at radius 2 is 0.436 bits per heavy atom. The lowest BCUT2D eigenvalue weighted by atomic mass is 9.99. The smallest absolute Gasteiger partial charge is 0.462 e. The third-order valence-corrected chi connectivity index (χ3v) is 23.6. The highest BCUT2D eigenvalue weighted by molar-refractivity contribution is 7.47. The minimum Gasteiger partial charge on any atom is -0.462 e. The molecule has 0 radical (unpaired) electrons. The Morgan fingerprint density at radius 3 is 0.645 bits per heavy atom. The van der Waals surface area contributed by atoms with Crippen molar-refractivity contribution in [1.82, 2.24) is 0 Å². The van der Waals surface area contributed by atoms with Crippen LogP contribution in [-0.4, -0.2) is 96.7 Å². The molecule has 110 heavy (non-hydrogen) atoms. The van der Waals surface area contributed by atoms with E-state index in [0.29, 0.717) is 31.6 Å². The number of esters is 4. The summed E-state index contributed by atoms with van der Waals surface area (Å²) in [6.45, 7) is 14.4. The van der Waals surface area contributed by atoms with Crippen LogP contribution in [0.5, 0.6) is 0 Å². The lowest BCUT2D eigenvalue weighted by Gasteiger charge is -2.21. The highest BCUT2D eigenvalue weighted by atomic mass is 31.2. The van der Waals surface area contributed by atoms with Crippen molar-refractivity contribution in [1.29, 1.82) is 0 Å². The first-order valence-electron chi connectivity index (χ1n) is 46.7. The Labute approximate surface area is 677 Å². The molecule has 0 spiro atoms. The minimum atomic E-state index is -4.97. The van der Waals surface area contributed by atoms with Crippen molar-refractivity contribution < 1.29 is 80.2 Å². The number of unbranched alkanes of at least 4 members (excludes halogenated alkanes) is 53. The molecule has 0 aliphatic carbocycles. The van der Waals surface area contributed by atoms with E-state index in [1.54, 1.807) is 0 Å². The zero-order valence-corrected chi connectivity index (χ0v) is 74.7. The van der Waals surface area contributed by atoms with E-state index in [1.165, 1.54) is 276 Å². The topological polar surface area (TPSA) is 237 Å². The van der Waals surface area contributed by atoms with E-state index >= 15 is 0 Å². The summed E-state index contributed by atoms with van der Waals surface area (Å²) < 4.78 is 69.0. The SMILES string of the molecule is CCC(C)CCCCCCCCCCCCCCCCCCCCC(=O)OC[C@H](COP(=O)(O)OCC(O)COP(=O)(O)OC[C@@H](COC(=O)CCCCCCCCCC(C)C)OC(=O)CCCCCCCCCCCCCCCCC(C)C)OC(=O)CCCCCCCCCCCCCCCCCCCCC(C)C. The molecular formula is C91H178O17P2. The van der Waals surface area contributed by atoms with E-state index < -0.39 is 97.5 Å². The van der Waals surface area contributed by atoms with Crippen LogP contribution >= 0.6 is 15.6 Å². The van der Waals surface area contributed by atoms with Gasteiger partial charge >= 0.3 is 39.5 Å². The zero-order chi connectivity index (χ0) is 80.9. The van der Waals surface area contributed by atoms with Crippen LogP contribution in [0.2, 0.25) is 0 Å². The van der Waals surface area contributed by atoms with Gasteiger partial charge in [-0.1, -0.05) is 428 Å². The highest BCUT2D eigenvalue weighted by Crippen LogP contribution is 2.45. The van der Waals surface area contributed by atoms with Crippen molar-refractivity contribution in [3.05, 3.63) is 0 Å². The second-order valence-corrected chi connectivity index (χ2v) is 37.3. The first kappa shape index (κ1) is 108. The van der Waals surface area contributed by atoms with Crippen LogP contribution in [0.4, 0.5) is 0 Å². The zero-order valence-electron chi connectivity index (χ0n) is 72.9. The number of rotatable bonds is 88. The maximum Gasteiger partial charge on any atom is 0.472 e. The number of carbonyl (C=O) groups excluding carboxylic acids is 4. The van der Waals surface area contributed by atoms with Gasteiger partial charge in [0.15, 0.2) is 12.2 Å². The van der Waals surface area contributed by atoms with Crippen LogP contribution in [0.1, 0.15) is 479 Å². The maximum atomic E-state index is 13.2. The molecule has 0 aliphatic heterocycles. The Kier molecular flexibility index (Phi) is 78.1. The average Bonchev–Trinajstić information content (AvgIpc) is 0.898. The molecule has 0 aromatic carbocycles. The van der Waals surface area contributed by atoms with E-state index in [9.17, 15) is 43.2 Å². The minimum absolute atomic E-state index is 0.107. The van der Waals surface area contributed by atoms with Gasteiger partial charge < -0.3 is 33.8 Å². The van der Waals surface area contributed by atoms with E-state index in [4.69, 9.17) is 37.0 Å². The Hall–Kier alpha value is -1.94. The summed E-state index contributed by atoms with van der Waals surface area (Å²) in [4.78, 5) is 73.4. The Morgan fingerprint density at radius 1 is 0.255 bits per heavy atom. The highest BCUT2D eigenvalue weighted by Gasteiger charge is 2.31. The van der Waals surface area contributed by atoms with Gasteiger partial charge in [0, 0.05) is 25.7 Å².